The summed E-state index contributed by atoms with van der Waals surface area (Å²) in [6.07, 6.45) is -2.98. The molecule has 37 heavy (non-hydrogen) atoms. The molecule has 23 heteroatoms. The molecule has 2 aliphatic rings. The second-order valence-electron chi connectivity index (χ2n) is 7.95. The molecule has 0 aromatic rings. The molecule has 0 aromatic heterocycles. The molecule has 2 rings (SSSR count). The molecule has 0 radical (unpaired) electrons. The molecule has 0 spiro atoms. The molecule has 0 amide bonds. The number of aliphatic carboxylic acids is 2. The first-order valence-corrected chi connectivity index (χ1v) is 16.1. The van der Waals surface area contributed by atoms with Crippen LogP contribution in [-0.4, -0.2) is 74.7 Å². The highest BCUT2D eigenvalue weighted by atomic mass is 35.6. The maximum atomic E-state index is 14.3. The summed E-state index contributed by atoms with van der Waals surface area (Å²) in [6, 6.07) is 0. The minimum atomic E-state index is -5.81. The van der Waals surface area contributed by atoms with E-state index in [4.69, 9.17) is 186 Å². The highest BCUT2D eigenvalue weighted by molar-refractivity contribution is 7.97. The molecule has 216 valence electrons. The van der Waals surface area contributed by atoms with E-state index in [0.717, 1.165) is 0 Å². The summed E-state index contributed by atoms with van der Waals surface area (Å²) in [6.45, 7) is 0. The van der Waals surface area contributed by atoms with E-state index in [0.29, 0.717) is 0 Å². The minimum absolute atomic E-state index is 1.49. The molecular formula is C14H6Cl16O6S. The fraction of sp³-hybridized carbons (Fsp3) is 0.857. The second-order valence-corrected chi connectivity index (χ2v) is 21.5. The highest BCUT2D eigenvalue weighted by Gasteiger charge is 2.91. The summed E-state index contributed by atoms with van der Waals surface area (Å²) in [7, 11) is -5.81. The molecule has 4 unspecified atom stereocenters. The molecule has 0 bridgehead atoms. The molecule has 0 saturated heterocycles. The van der Waals surface area contributed by atoms with Gasteiger partial charge in [-0.25, -0.2) is 8.42 Å². The Kier molecular flexibility index (Phi) is 9.69. The Morgan fingerprint density at radius 1 is 0.486 bits per heavy atom. The fourth-order valence-corrected chi connectivity index (χ4v) is 15.0. The molecule has 2 fully saturated rings. The number of hydrogen-bond acceptors (Lipinski definition) is 4. The predicted molar refractivity (Wildman–Crippen MR) is 154 cm³/mol. The van der Waals surface area contributed by atoms with Gasteiger partial charge in [0.2, 0.25) is 9.75 Å². The second kappa shape index (κ2) is 9.76. The van der Waals surface area contributed by atoms with Crippen LogP contribution in [0.25, 0.3) is 0 Å². The van der Waals surface area contributed by atoms with E-state index in [1.807, 2.05) is 0 Å². The molecule has 0 aliphatic heterocycles. The number of carboxylic acid groups (broad SMARTS) is 2. The lowest BCUT2D eigenvalue weighted by Crippen LogP contribution is -2.82. The lowest BCUT2D eigenvalue weighted by atomic mass is 9.84. The Labute approximate surface area is 289 Å². The molecule has 0 heterocycles. The summed E-state index contributed by atoms with van der Waals surface area (Å²) < 4.78 is 2.12. The molecule has 2 N–H and O–H groups in total. The van der Waals surface area contributed by atoms with Gasteiger partial charge in [0.05, 0.1) is 0 Å². The van der Waals surface area contributed by atoms with Crippen LogP contribution in [0, 0.1) is 0 Å². The number of alkyl halides is 16. The fourth-order valence-electron chi connectivity index (χ4n) is 3.76. The van der Waals surface area contributed by atoms with Crippen LogP contribution in [0.4, 0.5) is 0 Å². The van der Waals surface area contributed by atoms with Gasteiger partial charge in [-0.2, -0.15) is 0 Å². The SMILES string of the molecule is O=C(O)C1(Cl)C(Cl)(Cl)CC(Cl)(S(=O)(=O)C2(Cl)CC(Cl)(Cl)C(Cl)(C(=O)O)C(Cl)(Cl)C2(Cl)Cl)C(Cl)(Cl)C1(Cl)Cl. The van der Waals surface area contributed by atoms with Crippen molar-refractivity contribution in [1.82, 2.24) is 0 Å². The predicted octanol–water partition coefficient (Wildman–Crippen LogP) is 8.25. The van der Waals surface area contributed by atoms with Gasteiger partial charge in [0, 0.05) is 12.8 Å². The van der Waals surface area contributed by atoms with Crippen molar-refractivity contribution in [2.24, 2.45) is 0 Å². The normalized spacial score (nSPS) is 41.5. The van der Waals surface area contributed by atoms with Gasteiger partial charge >= 0.3 is 11.9 Å². The van der Waals surface area contributed by atoms with Crippen molar-refractivity contribution >= 4 is 207 Å². The van der Waals surface area contributed by atoms with E-state index in [1.165, 1.54) is 0 Å². The van der Waals surface area contributed by atoms with Crippen LogP contribution >= 0.6 is 186 Å². The Morgan fingerprint density at radius 2 is 0.703 bits per heavy atom. The van der Waals surface area contributed by atoms with E-state index in [2.05, 4.69) is 0 Å². The highest BCUT2D eigenvalue weighted by Crippen LogP contribution is 2.77. The average molecular weight is 870 g/mol. The minimum Gasteiger partial charge on any atom is -0.480 e. The molecule has 2 saturated carbocycles. The number of hydrogen-bond donors (Lipinski definition) is 2. The Hall–Kier alpha value is 3.53. The molecule has 6 nitrogen and oxygen atoms in total. The van der Waals surface area contributed by atoms with Crippen molar-refractivity contribution in [3.05, 3.63) is 0 Å². The van der Waals surface area contributed by atoms with Gasteiger partial charge in [-0.3, -0.25) is 9.59 Å². The van der Waals surface area contributed by atoms with Gasteiger partial charge in [0.25, 0.3) is 0 Å². The lowest BCUT2D eigenvalue weighted by Gasteiger charge is -2.62. The largest absolute Gasteiger partial charge is 0.480 e. The molecule has 4 atom stereocenters. The Balaban J connectivity index is 3.01. The van der Waals surface area contributed by atoms with Crippen molar-refractivity contribution < 1.29 is 28.2 Å². The van der Waals surface area contributed by atoms with Crippen molar-refractivity contribution in [2.45, 2.75) is 57.0 Å². The Morgan fingerprint density at radius 3 is 0.892 bits per heavy atom. The first-order chi connectivity index (χ1) is 15.8. The van der Waals surface area contributed by atoms with E-state index in [9.17, 15) is 28.2 Å². The van der Waals surface area contributed by atoms with E-state index in [1.54, 1.807) is 0 Å². The molecular weight excluding hydrogens is 863 g/mol. The lowest BCUT2D eigenvalue weighted by molar-refractivity contribution is -0.142. The smallest absolute Gasteiger partial charge is 0.331 e. The summed E-state index contributed by atoms with van der Waals surface area (Å²) in [5, 5.41) is 19.4. The van der Waals surface area contributed by atoms with Crippen molar-refractivity contribution in [3.63, 3.8) is 0 Å². The summed E-state index contributed by atoms with van der Waals surface area (Å²) >= 11 is 99.3. The number of sulfone groups is 1. The third-order valence-electron chi connectivity index (χ3n) is 5.94. The van der Waals surface area contributed by atoms with Crippen molar-refractivity contribution in [3.8, 4) is 0 Å². The van der Waals surface area contributed by atoms with Crippen LogP contribution in [-0.2, 0) is 19.4 Å². The molecule has 0 aromatic carbocycles. The van der Waals surface area contributed by atoms with E-state index < -0.39 is 78.8 Å². The Bertz CT molecular complexity index is 1070. The molecule has 2 aliphatic carbocycles. The van der Waals surface area contributed by atoms with Crippen LogP contribution in [0.15, 0.2) is 0 Å². The van der Waals surface area contributed by atoms with Crippen LogP contribution in [0.3, 0.4) is 0 Å². The van der Waals surface area contributed by atoms with Crippen molar-refractivity contribution in [1.29, 1.82) is 0 Å². The van der Waals surface area contributed by atoms with Gasteiger partial charge < -0.3 is 10.2 Å². The standard InChI is InChI=1S/C14H6Cl16O6S/c15-5(16)1-7(19,11(23,24)13(27,28)9(5,21)3(31)32)37(35,36)8(20)2-6(17,18)10(22,4(33)34)14(29,30)12(8,25)26/h1-2H2,(H,31,32)(H,33,34). The van der Waals surface area contributed by atoms with Gasteiger partial charge in [0.15, 0.2) is 44.2 Å². The number of carbonyl (C=O) groups is 2. The van der Waals surface area contributed by atoms with Crippen LogP contribution in [0.2, 0.25) is 0 Å². The monoisotopic (exact) mass is 861 g/mol. The van der Waals surface area contributed by atoms with Crippen LogP contribution in [0.1, 0.15) is 12.8 Å². The average Bonchev–Trinajstić information content (AvgIpc) is 2.68. The zero-order chi connectivity index (χ0) is 30.1. The zero-order valence-corrected chi connectivity index (χ0v) is 29.3. The summed E-state index contributed by atoms with van der Waals surface area (Å²) in [5.41, 5.74) is 0. The maximum absolute atomic E-state index is 14.3. The van der Waals surface area contributed by atoms with Crippen LogP contribution < -0.4 is 0 Å². The number of rotatable bonds is 4. The van der Waals surface area contributed by atoms with E-state index >= 15 is 0 Å². The van der Waals surface area contributed by atoms with Gasteiger partial charge in [-0.1, -0.05) is 186 Å². The van der Waals surface area contributed by atoms with Gasteiger partial charge in [-0.15, -0.1) is 0 Å². The zero-order valence-electron chi connectivity index (χ0n) is 16.4. The summed E-state index contributed by atoms with van der Waals surface area (Å²) in [5.74, 6) is -4.19. The van der Waals surface area contributed by atoms with Gasteiger partial charge in [-0.05, 0) is 0 Å². The topological polar surface area (TPSA) is 109 Å². The summed E-state index contributed by atoms with van der Waals surface area (Å²) in [4.78, 5) is 17.6. The maximum Gasteiger partial charge on any atom is 0.331 e. The quantitative estimate of drug-likeness (QED) is 0.276. The first kappa shape index (κ1) is 36.7. The van der Waals surface area contributed by atoms with E-state index in [-0.39, 0.29) is 0 Å². The van der Waals surface area contributed by atoms with Gasteiger partial charge in [0.1, 0.15) is 0 Å². The third-order valence-corrected chi connectivity index (χ3v) is 20.9. The number of carboxylic acids is 2. The third kappa shape index (κ3) is 4.03. The van der Waals surface area contributed by atoms with Crippen LogP contribution in [0.5, 0.6) is 0 Å². The number of halogens is 16. The first-order valence-electron chi connectivity index (χ1n) is 8.53. The van der Waals surface area contributed by atoms with Crippen molar-refractivity contribution in [2.75, 3.05) is 0 Å².